The molecular formula is C14H16ClN3O2. The maximum atomic E-state index is 12.0. The molecule has 5 nitrogen and oxygen atoms in total. The van der Waals surface area contributed by atoms with Crippen molar-refractivity contribution in [2.24, 2.45) is 0 Å². The van der Waals surface area contributed by atoms with Gasteiger partial charge < -0.3 is 15.0 Å². The van der Waals surface area contributed by atoms with Crippen molar-refractivity contribution in [3.63, 3.8) is 0 Å². The number of esters is 1. The predicted octanol–water partition coefficient (Wildman–Crippen LogP) is 1.55. The van der Waals surface area contributed by atoms with E-state index in [-0.39, 0.29) is 12.0 Å². The highest BCUT2D eigenvalue weighted by Crippen LogP contribution is 2.25. The second-order valence-electron chi connectivity index (χ2n) is 4.44. The summed E-state index contributed by atoms with van der Waals surface area (Å²) in [4.78, 5) is 14.0. The number of carbonyl (C=O) groups is 1. The first-order chi connectivity index (χ1) is 9.67. The Bertz CT molecular complexity index is 542. The topological polar surface area (TPSA) is 65.4 Å². The molecule has 0 radical (unpaired) electrons. The van der Waals surface area contributed by atoms with E-state index in [0.29, 0.717) is 30.3 Å². The first-order valence-corrected chi connectivity index (χ1v) is 6.88. The van der Waals surface area contributed by atoms with Crippen LogP contribution in [0.2, 0.25) is 5.02 Å². The summed E-state index contributed by atoms with van der Waals surface area (Å²) in [5, 5.41) is 12.5. The van der Waals surface area contributed by atoms with Gasteiger partial charge in [0.25, 0.3) is 0 Å². The van der Waals surface area contributed by atoms with E-state index in [1.165, 1.54) is 0 Å². The second kappa shape index (κ2) is 6.60. The molecule has 106 valence electrons. The zero-order valence-electron chi connectivity index (χ0n) is 11.2. The first kappa shape index (κ1) is 14.6. The monoisotopic (exact) mass is 293 g/mol. The Balaban J connectivity index is 2.26. The molecule has 0 aliphatic carbocycles. The summed E-state index contributed by atoms with van der Waals surface area (Å²) in [5.74, 6) is -0.250. The summed E-state index contributed by atoms with van der Waals surface area (Å²) in [6.07, 6.45) is 0. The van der Waals surface area contributed by atoms with Gasteiger partial charge in [0.2, 0.25) is 0 Å². The molecule has 1 heterocycles. The number of nitrogens with one attached hydrogen (secondary N) is 1. The molecule has 1 aromatic rings. The number of halogens is 1. The summed E-state index contributed by atoms with van der Waals surface area (Å²) in [6, 6.07) is 6.85. The van der Waals surface area contributed by atoms with Crippen molar-refractivity contribution >= 4 is 23.3 Å². The Kier molecular flexibility index (Phi) is 4.83. The summed E-state index contributed by atoms with van der Waals surface area (Å²) in [5.41, 5.74) is 1.26. The van der Waals surface area contributed by atoms with Crippen LogP contribution in [0.5, 0.6) is 0 Å². The molecule has 0 bridgehead atoms. The quantitative estimate of drug-likeness (QED) is 0.857. The fourth-order valence-electron chi connectivity index (χ4n) is 2.24. The SMILES string of the molecule is CCOC(=O)C1CNCCN1c1ccc(C#N)c(Cl)c1. The highest BCUT2D eigenvalue weighted by Gasteiger charge is 2.30. The van der Waals surface area contributed by atoms with Crippen LogP contribution in [0.3, 0.4) is 0 Å². The molecule has 1 unspecified atom stereocenters. The number of hydrogen-bond donors (Lipinski definition) is 1. The molecule has 0 saturated carbocycles. The summed E-state index contributed by atoms with van der Waals surface area (Å²) in [7, 11) is 0. The Morgan fingerprint density at radius 2 is 2.45 bits per heavy atom. The molecular weight excluding hydrogens is 278 g/mol. The number of nitrogens with zero attached hydrogens (tertiary/aromatic N) is 2. The number of carbonyl (C=O) groups excluding carboxylic acids is 1. The average molecular weight is 294 g/mol. The highest BCUT2D eigenvalue weighted by molar-refractivity contribution is 6.32. The highest BCUT2D eigenvalue weighted by atomic mass is 35.5. The number of hydrogen-bond acceptors (Lipinski definition) is 5. The lowest BCUT2D eigenvalue weighted by atomic mass is 10.1. The zero-order valence-corrected chi connectivity index (χ0v) is 12.0. The Morgan fingerprint density at radius 1 is 1.65 bits per heavy atom. The normalized spacial score (nSPS) is 18.4. The van der Waals surface area contributed by atoms with E-state index in [4.69, 9.17) is 21.6 Å². The summed E-state index contributed by atoms with van der Waals surface area (Å²) < 4.78 is 5.10. The fraction of sp³-hybridized carbons (Fsp3) is 0.429. The molecule has 0 aromatic heterocycles. The maximum Gasteiger partial charge on any atom is 0.330 e. The van der Waals surface area contributed by atoms with Crippen molar-refractivity contribution in [1.29, 1.82) is 5.26 Å². The van der Waals surface area contributed by atoms with Gasteiger partial charge in [0.05, 0.1) is 17.2 Å². The molecule has 6 heteroatoms. The average Bonchev–Trinajstić information content (AvgIpc) is 2.47. The van der Waals surface area contributed by atoms with Crippen LogP contribution >= 0.6 is 11.6 Å². The number of benzene rings is 1. The van der Waals surface area contributed by atoms with E-state index in [9.17, 15) is 4.79 Å². The molecule has 1 fully saturated rings. The van der Waals surface area contributed by atoms with E-state index in [2.05, 4.69) is 5.32 Å². The molecule has 1 atom stereocenters. The summed E-state index contributed by atoms with van der Waals surface area (Å²) in [6.45, 7) is 4.16. The maximum absolute atomic E-state index is 12.0. The van der Waals surface area contributed by atoms with Gasteiger partial charge in [-0.1, -0.05) is 11.6 Å². The van der Waals surface area contributed by atoms with E-state index in [1.54, 1.807) is 19.1 Å². The van der Waals surface area contributed by atoms with Gasteiger partial charge in [-0.2, -0.15) is 5.26 Å². The van der Waals surface area contributed by atoms with Gasteiger partial charge in [0.1, 0.15) is 12.1 Å². The van der Waals surface area contributed by atoms with Crippen LogP contribution < -0.4 is 10.2 Å². The van der Waals surface area contributed by atoms with Gasteiger partial charge in [-0.05, 0) is 25.1 Å². The zero-order chi connectivity index (χ0) is 14.5. The molecule has 0 spiro atoms. The van der Waals surface area contributed by atoms with Crippen molar-refractivity contribution in [3.8, 4) is 6.07 Å². The lowest BCUT2D eigenvalue weighted by Crippen LogP contribution is -2.55. The minimum absolute atomic E-state index is 0.250. The van der Waals surface area contributed by atoms with Gasteiger partial charge in [-0.25, -0.2) is 4.79 Å². The summed E-state index contributed by atoms with van der Waals surface area (Å²) >= 11 is 6.06. The van der Waals surface area contributed by atoms with E-state index >= 15 is 0 Å². The number of ether oxygens (including phenoxy) is 1. The third-order valence-corrected chi connectivity index (χ3v) is 3.52. The number of anilines is 1. The molecule has 20 heavy (non-hydrogen) atoms. The van der Waals surface area contributed by atoms with Gasteiger partial charge in [-0.3, -0.25) is 0 Å². The van der Waals surface area contributed by atoms with E-state index in [0.717, 1.165) is 12.2 Å². The second-order valence-corrected chi connectivity index (χ2v) is 4.85. The van der Waals surface area contributed by atoms with Crippen molar-refractivity contribution in [1.82, 2.24) is 5.32 Å². The fourth-order valence-corrected chi connectivity index (χ4v) is 2.45. The number of nitriles is 1. The van der Waals surface area contributed by atoms with Crippen LogP contribution in [-0.4, -0.2) is 38.3 Å². The first-order valence-electron chi connectivity index (χ1n) is 6.51. The van der Waals surface area contributed by atoms with Crippen LogP contribution in [0.1, 0.15) is 12.5 Å². The van der Waals surface area contributed by atoms with Crippen LogP contribution in [0.25, 0.3) is 0 Å². The molecule has 2 rings (SSSR count). The van der Waals surface area contributed by atoms with Crippen LogP contribution in [0.4, 0.5) is 5.69 Å². The minimum atomic E-state index is -0.368. The van der Waals surface area contributed by atoms with Crippen molar-refractivity contribution in [2.75, 3.05) is 31.1 Å². The van der Waals surface area contributed by atoms with E-state index in [1.807, 2.05) is 17.0 Å². The Morgan fingerprint density at radius 3 is 3.10 bits per heavy atom. The number of piperazine rings is 1. The van der Waals surface area contributed by atoms with Gasteiger partial charge in [-0.15, -0.1) is 0 Å². The van der Waals surface area contributed by atoms with E-state index < -0.39 is 0 Å². The largest absolute Gasteiger partial charge is 0.464 e. The number of rotatable bonds is 3. The molecule has 0 amide bonds. The standard InChI is InChI=1S/C14H16ClN3O2/c1-2-20-14(19)13-9-17-5-6-18(13)11-4-3-10(8-16)12(15)7-11/h3-4,7,13,17H,2,5-6,9H2,1H3. The third-order valence-electron chi connectivity index (χ3n) is 3.21. The van der Waals surface area contributed by atoms with Crippen molar-refractivity contribution < 1.29 is 9.53 Å². The molecule has 1 aliphatic heterocycles. The predicted molar refractivity (Wildman–Crippen MR) is 76.8 cm³/mol. The smallest absolute Gasteiger partial charge is 0.330 e. The minimum Gasteiger partial charge on any atom is -0.464 e. The molecule has 1 N–H and O–H groups in total. The van der Waals surface area contributed by atoms with Crippen molar-refractivity contribution in [3.05, 3.63) is 28.8 Å². The van der Waals surface area contributed by atoms with Gasteiger partial charge in [0, 0.05) is 25.3 Å². The molecule has 1 saturated heterocycles. The van der Waals surface area contributed by atoms with Crippen LogP contribution in [0, 0.1) is 11.3 Å². The third kappa shape index (κ3) is 3.03. The van der Waals surface area contributed by atoms with Crippen molar-refractivity contribution in [2.45, 2.75) is 13.0 Å². The Hall–Kier alpha value is -1.77. The van der Waals surface area contributed by atoms with Gasteiger partial charge >= 0.3 is 5.97 Å². The van der Waals surface area contributed by atoms with Crippen LogP contribution in [-0.2, 0) is 9.53 Å². The molecule has 1 aliphatic rings. The van der Waals surface area contributed by atoms with Crippen LogP contribution in [0.15, 0.2) is 18.2 Å². The lowest BCUT2D eigenvalue weighted by molar-refractivity contribution is -0.144. The molecule has 1 aromatic carbocycles. The van der Waals surface area contributed by atoms with Gasteiger partial charge in [0.15, 0.2) is 0 Å². The Labute approximate surface area is 123 Å². The lowest BCUT2D eigenvalue weighted by Gasteiger charge is -2.36.